The Morgan fingerprint density at radius 1 is 1.16 bits per heavy atom. The van der Waals surface area contributed by atoms with Gasteiger partial charge >= 0.3 is 15.6 Å². The molecule has 0 aromatic rings. The topological polar surface area (TPSA) is 74.4 Å². The van der Waals surface area contributed by atoms with Gasteiger partial charge in [0.2, 0.25) is 0 Å². The van der Waals surface area contributed by atoms with Crippen molar-refractivity contribution in [3.05, 3.63) is 0 Å². The van der Waals surface area contributed by atoms with E-state index in [1.165, 1.54) is 0 Å². The average Bonchev–Trinajstić information content (AvgIpc) is 3.17. The molecule has 2 saturated heterocycles. The molecule has 2 fully saturated rings. The summed E-state index contributed by atoms with van der Waals surface area (Å²) in [6.45, 7) is 9.93. The van der Waals surface area contributed by atoms with Gasteiger partial charge in [-0.25, -0.2) is 0 Å². The summed E-state index contributed by atoms with van der Waals surface area (Å²) >= 11 is 0. The molecule has 0 aromatic carbocycles. The van der Waals surface area contributed by atoms with Crippen LogP contribution in [0.2, 0.25) is 18.1 Å². The van der Waals surface area contributed by atoms with Gasteiger partial charge in [0.25, 0.3) is 0 Å². The Bertz CT molecular complexity index is 582. The molecule has 2 aliphatic heterocycles. The molecule has 0 aromatic heterocycles. The van der Waals surface area contributed by atoms with E-state index in [2.05, 4.69) is 4.18 Å². The summed E-state index contributed by atoms with van der Waals surface area (Å²) in [5.41, 5.74) is -5.46. The van der Waals surface area contributed by atoms with Crippen molar-refractivity contribution in [3.8, 4) is 0 Å². The van der Waals surface area contributed by atoms with Crippen molar-refractivity contribution < 1.29 is 39.7 Å². The first kappa shape index (κ1) is 21.1. The van der Waals surface area contributed by atoms with Crippen molar-refractivity contribution in [1.29, 1.82) is 0 Å². The van der Waals surface area contributed by atoms with Crippen LogP contribution >= 0.6 is 0 Å². The van der Waals surface area contributed by atoms with Gasteiger partial charge in [-0.05, 0) is 18.1 Å². The number of epoxide rings is 1. The molecule has 0 radical (unpaired) electrons. The minimum absolute atomic E-state index is 0.107. The Hall–Kier alpha value is -0.203. The summed E-state index contributed by atoms with van der Waals surface area (Å²) in [4.78, 5) is 0. The number of hydrogen-bond acceptors (Lipinski definition) is 6. The molecule has 2 aliphatic rings. The van der Waals surface area contributed by atoms with Crippen LogP contribution in [0, 0.1) is 0 Å². The zero-order chi connectivity index (χ0) is 19.3. The van der Waals surface area contributed by atoms with Crippen molar-refractivity contribution in [3.63, 3.8) is 0 Å². The van der Waals surface area contributed by atoms with Crippen LogP contribution in [-0.4, -0.2) is 59.9 Å². The SMILES string of the molecule is CC(C)(C)[Si](C)(C)O[C@@H]1C[C@H]([C@@H]2CO2)O[C@@H]1COS(=O)(=O)C(F)(F)F. The molecule has 6 nitrogen and oxygen atoms in total. The molecule has 2 heterocycles. The van der Waals surface area contributed by atoms with Gasteiger partial charge in [-0.1, -0.05) is 20.8 Å². The summed E-state index contributed by atoms with van der Waals surface area (Å²) in [6.07, 6.45) is -1.41. The molecular weight excluding hydrogens is 381 g/mol. The molecule has 0 amide bonds. The Kier molecular flexibility index (Phi) is 5.70. The molecule has 0 spiro atoms. The second kappa shape index (κ2) is 6.75. The van der Waals surface area contributed by atoms with Crippen LogP contribution in [0.5, 0.6) is 0 Å². The van der Waals surface area contributed by atoms with E-state index in [-0.39, 0.29) is 17.2 Å². The predicted octanol–water partition coefficient (Wildman–Crippen LogP) is 2.80. The van der Waals surface area contributed by atoms with E-state index in [1.807, 2.05) is 33.9 Å². The molecule has 0 unspecified atom stereocenters. The van der Waals surface area contributed by atoms with E-state index < -0.39 is 42.8 Å². The Morgan fingerprint density at radius 2 is 1.72 bits per heavy atom. The van der Waals surface area contributed by atoms with Crippen LogP contribution in [-0.2, 0) is 28.2 Å². The fourth-order valence-corrected chi connectivity index (χ4v) is 4.11. The highest BCUT2D eigenvalue weighted by Crippen LogP contribution is 2.41. The number of alkyl halides is 3. The second-order valence-electron chi connectivity index (χ2n) is 7.92. The quantitative estimate of drug-likeness (QED) is 0.292. The number of hydrogen-bond donors (Lipinski definition) is 0. The van der Waals surface area contributed by atoms with E-state index in [9.17, 15) is 21.6 Å². The van der Waals surface area contributed by atoms with E-state index in [0.717, 1.165) is 0 Å². The highest BCUT2D eigenvalue weighted by atomic mass is 32.2. The Balaban J connectivity index is 2.07. The minimum atomic E-state index is -5.66. The van der Waals surface area contributed by atoms with Crippen molar-refractivity contribution in [2.24, 2.45) is 0 Å². The van der Waals surface area contributed by atoms with Crippen LogP contribution in [0.15, 0.2) is 0 Å². The fraction of sp³-hybridized carbons (Fsp3) is 1.00. The zero-order valence-electron chi connectivity index (χ0n) is 14.9. The maximum atomic E-state index is 12.4. The summed E-state index contributed by atoms with van der Waals surface area (Å²) in [7, 11) is -7.87. The van der Waals surface area contributed by atoms with Gasteiger partial charge in [-0.2, -0.15) is 21.6 Å². The largest absolute Gasteiger partial charge is 0.523 e. The van der Waals surface area contributed by atoms with Crippen molar-refractivity contribution in [2.45, 2.75) is 75.2 Å². The van der Waals surface area contributed by atoms with Crippen LogP contribution < -0.4 is 0 Å². The lowest BCUT2D eigenvalue weighted by molar-refractivity contribution is -0.0625. The molecule has 148 valence electrons. The fourth-order valence-electron chi connectivity index (χ4n) is 2.31. The molecule has 2 rings (SSSR count). The Labute approximate surface area is 147 Å². The average molecular weight is 406 g/mol. The van der Waals surface area contributed by atoms with Crippen LogP contribution in [0.4, 0.5) is 13.2 Å². The lowest BCUT2D eigenvalue weighted by Crippen LogP contribution is -2.47. The van der Waals surface area contributed by atoms with Crippen LogP contribution in [0.25, 0.3) is 0 Å². The van der Waals surface area contributed by atoms with E-state index in [4.69, 9.17) is 13.9 Å². The van der Waals surface area contributed by atoms with Gasteiger partial charge in [0, 0.05) is 6.42 Å². The van der Waals surface area contributed by atoms with Crippen LogP contribution in [0.3, 0.4) is 0 Å². The molecule has 0 N–H and O–H groups in total. The standard InChI is InChI=1S/C14H25F3O6SSi/c1-13(2,3)25(4,5)23-10-6-9(11-7-20-11)22-12(10)8-21-24(18,19)14(15,16)17/h9-12H,6-8H2,1-5H3/t9-,10-,11+,12-/m1/s1. The smallest absolute Gasteiger partial charge is 0.411 e. The third kappa shape index (κ3) is 4.95. The molecule has 0 bridgehead atoms. The van der Waals surface area contributed by atoms with E-state index in [0.29, 0.717) is 13.0 Å². The summed E-state index contributed by atoms with van der Waals surface area (Å²) in [5.74, 6) is 0. The molecular formula is C14H25F3O6SSi. The predicted molar refractivity (Wildman–Crippen MR) is 86.0 cm³/mol. The van der Waals surface area contributed by atoms with Gasteiger partial charge in [-0.3, -0.25) is 4.18 Å². The Morgan fingerprint density at radius 3 is 2.16 bits per heavy atom. The number of halogens is 3. The monoisotopic (exact) mass is 406 g/mol. The first-order chi connectivity index (χ1) is 11.1. The van der Waals surface area contributed by atoms with E-state index >= 15 is 0 Å². The molecule has 0 aliphatic carbocycles. The van der Waals surface area contributed by atoms with Gasteiger partial charge < -0.3 is 13.9 Å². The van der Waals surface area contributed by atoms with Gasteiger partial charge in [0.15, 0.2) is 8.32 Å². The highest BCUT2D eigenvalue weighted by Gasteiger charge is 2.51. The van der Waals surface area contributed by atoms with Crippen LogP contribution in [0.1, 0.15) is 27.2 Å². The molecule has 11 heteroatoms. The lowest BCUT2D eigenvalue weighted by atomic mass is 10.1. The molecule has 25 heavy (non-hydrogen) atoms. The van der Waals surface area contributed by atoms with E-state index in [1.54, 1.807) is 0 Å². The maximum Gasteiger partial charge on any atom is 0.523 e. The second-order valence-corrected chi connectivity index (χ2v) is 14.3. The summed E-state index contributed by atoms with van der Waals surface area (Å²) in [6, 6.07) is 0. The van der Waals surface area contributed by atoms with Crippen molar-refractivity contribution in [1.82, 2.24) is 0 Å². The summed E-state index contributed by atoms with van der Waals surface area (Å²) in [5, 5.41) is -0.107. The van der Waals surface area contributed by atoms with Crippen molar-refractivity contribution in [2.75, 3.05) is 13.2 Å². The highest BCUT2D eigenvalue weighted by molar-refractivity contribution is 7.87. The first-order valence-electron chi connectivity index (χ1n) is 8.05. The number of rotatable bonds is 6. The first-order valence-corrected chi connectivity index (χ1v) is 12.4. The van der Waals surface area contributed by atoms with Gasteiger partial charge in [-0.15, -0.1) is 0 Å². The lowest BCUT2D eigenvalue weighted by Gasteiger charge is -2.39. The third-order valence-corrected chi connectivity index (χ3v) is 10.4. The maximum absolute atomic E-state index is 12.4. The summed E-state index contributed by atoms with van der Waals surface area (Å²) < 4.78 is 80.9. The minimum Gasteiger partial charge on any atom is -0.411 e. The van der Waals surface area contributed by atoms with Gasteiger partial charge in [0.1, 0.15) is 12.2 Å². The van der Waals surface area contributed by atoms with Gasteiger partial charge in [0.05, 0.1) is 25.4 Å². The normalized spacial score (nSPS) is 31.4. The van der Waals surface area contributed by atoms with Crippen molar-refractivity contribution >= 4 is 18.4 Å². The zero-order valence-corrected chi connectivity index (χ0v) is 16.7. The third-order valence-electron chi connectivity index (χ3n) is 4.93. The molecule has 4 atom stereocenters. The number of ether oxygens (including phenoxy) is 2. The molecule has 0 saturated carbocycles.